The predicted molar refractivity (Wildman–Crippen MR) is 121 cm³/mol. The maximum absolute atomic E-state index is 12.8. The van der Waals surface area contributed by atoms with Gasteiger partial charge in [0.1, 0.15) is 28.6 Å². The fraction of sp³-hybridized carbons (Fsp3) is 0.591. The number of carboxylic acid groups (broad SMARTS) is 1. The average Bonchev–Trinajstić information content (AvgIpc) is 2.64. The Labute approximate surface area is 193 Å². The van der Waals surface area contributed by atoms with Gasteiger partial charge < -0.3 is 30.5 Å². The Hall–Kier alpha value is -3.37. The van der Waals surface area contributed by atoms with Gasteiger partial charge in [-0.2, -0.15) is 0 Å². The minimum atomic E-state index is -1.25. The number of pyridine rings is 1. The Bertz CT molecular complexity index is 844. The highest BCUT2D eigenvalue weighted by Crippen LogP contribution is 2.14. The number of alkyl carbamates (subject to hydrolysis) is 2. The molecule has 4 N–H and O–H groups in total. The highest BCUT2D eigenvalue weighted by Gasteiger charge is 2.25. The Morgan fingerprint density at radius 3 is 2.18 bits per heavy atom. The molecule has 0 unspecified atom stereocenters. The van der Waals surface area contributed by atoms with Gasteiger partial charge in [-0.15, -0.1) is 0 Å². The topological polar surface area (TPSA) is 156 Å². The Kier molecular flexibility index (Phi) is 10.1. The van der Waals surface area contributed by atoms with Gasteiger partial charge in [0.2, 0.25) is 5.91 Å². The third kappa shape index (κ3) is 11.7. The lowest BCUT2D eigenvalue weighted by molar-refractivity contribution is -0.118. The van der Waals surface area contributed by atoms with E-state index in [1.807, 2.05) is 0 Å². The highest BCUT2D eigenvalue weighted by molar-refractivity contribution is 6.01. The summed E-state index contributed by atoms with van der Waals surface area (Å²) in [6, 6.07) is 1.74. The molecule has 11 nitrogen and oxygen atoms in total. The second kappa shape index (κ2) is 12.0. The quantitative estimate of drug-likeness (QED) is 0.404. The van der Waals surface area contributed by atoms with Gasteiger partial charge in [-0.1, -0.05) is 0 Å². The molecule has 33 heavy (non-hydrogen) atoms. The van der Waals surface area contributed by atoms with E-state index >= 15 is 0 Å². The Morgan fingerprint density at radius 2 is 1.61 bits per heavy atom. The van der Waals surface area contributed by atoms with E-state index in [0.717, 1.165) is 0 Å². The minimum Gasteiger partial charge on any atom is -0.478 e. The summed E-state index contributed by atoms with van der Waals surface area (Å²) in [6.07, 6.45) is 1.23. The smallest absolute Gasteiger partial charge is 0.408 e. The van der Waals surface area contributed by atoms with Crippen LogP contribution in [0.15, 0.2) is 18.3 Å². The number of amides is 3. The Morgan fingerprint density at radius 1 is 1.00 bits per heavy atom. The summed E-state index contributed by atoms with van der Waals surface area (Å²) >= 11 is 0. The maximum atomic E-state index is 12.8. The van der Waals surface area contributed by atoms with Crippen molar-refractivity contribution in [1.82, 2.24) is 15.6 Å². The number of aromatic carboxylic acids is 1. The second-order valence-electron chi connectivity index (χ2n) is 9.32. The summed E-state index contributed by atoms with van der Waals surface area (Å²) in [4.78, 5) is 52.0. The van der Waals surface area contributed by atoms with Crippen molar-refractivity contribution in [2.45, 2.75) is 78.0 Å². The molecule has 0 saturated carbocycles. The molecule has 0 bridgehead atoms. The molecule has 0 fully saturated rings. The molecule has 3 amide bonds. The van der Waals surface area contributed by atoms with Gasteiger partial charge in [0, 0.05) is 12.7 Å². The lowest BCUT2D eigenvalue weighted by Crippen LogP contribution is -2.46. The van der Waals surface area contributed by atoms with Crippen LogP contribution in [-0.4, -0.2) is 57.9 Å². The number of carbonyl (C=O) groups is 4. The van der Waals surface area contributed by atoms with Gasteiger partial charge in [0.25, 0.3) is 0 Å². The van der Waals surface area contributed by atoms with E-state index in [1.54, 1.807) is 41.5 Å². The average molecular weight is 467 g/mol. The standard InChI is InChI=1S/C22H34N4O7/c1-21(2,3)32-19(30)24-12-8-7-11-15(25-20(31)33-22(4,5)6)17(27)26-16-14(18(28)29)10-9-13-23-16/h9-10,13,15H,7-8,11-12H2,1-6H3,(H,24,30)(H,25,31)(H,28,29)(H,23,26,27)/t15-/m0/s1. The van der Waals surface area contributed by atoms with Crippen molar-refractivity contribution < 1.29 is 33.8 Å². The van der Waals surface area contributed by atoms with E-state index in [1.165, 1.54) is 18.3 Å². The van der Waals surface area contributed by atoms with Gasteiger partial charge in [0.05, 0.1) is 0 Å². The van der Waals surface area contributed by atoms with Crippen LogP contribution >= 0.6 is 0 Å². The van der Waals surface area contributed by atoms with Crippen LogP contribution in [0.1, 0.15) is 71.2 Å². The predicted octanol–water partition coefficient (Wildman–Crippen LogP) is 3.31. The van der Waals surface area contributed by atoms with Crippen LogP contribution in [0.25, 0.3) is 0 Å². The lowest BCUT2D eigenvalue weighted by Gasteiger charge is -2.23. The first kappa shape index (κ1) is 27.7. The molecule has 1 aromatic heterocycles. The van der Waals surface area contributed by atoms with Crippen LogP contribution in [0.2, 0.25) is 0 Å². The SMILES string of the molecule is CC(C)(C)OC(=O)NCCCC[C@H](NC(=O)OC(C)(C)C)C(=O)Nc1ncccc1C(=O)O. The van der Waals surface area contributed by atoms with Gasteiger partial charge in [-0.25, -0.2) is 19.4 Å². The van der Waals surface area contributed by atoms with E-state index in [-0.39, 0.29) is 17.8 Å². The molecular weight excluding hydrogens is 432 g/mol. The van der Waals surface area contributed by atoms with Crippen LogP contribution < -0.4 is 16.0 Å². The summed E-state index contributed by atoms with van der Waals surface area (Å²) in [5, 5.41) is 16.9. The molecule has 0 aliphatic rings. The third-order valence-corrected chi connectivity index (χ3v) is 3.87. The second-order valence-corrected chi connectivity index (χ2v) is 9.32. The lowest BCUT2D eigenvalue weighted by atomic mass is 10.1. The number of ether oxygens (including phenoxy) is 2. The number of carbonyl (C=O) groups excluding carboxylic acids is 3. The molecule has 184 valence electrons. The molecule has 1 aromatic rings. The highest BCUT2D eigenvalue weighted by atomic mass is 16.6. The van der Waals surface area contributed by atoms with E-state index in [2.05, 4.69) is 20.9 Å². The summed E-state index contributed by atoms with van der Waals surface area (Å²) < 4.78 is 10.4. The third-order valence-electron chi connectivity index (χ3n) is 3.87. The monoisotopic (exact) mass is 466 g/mol. The molecular formula is C22H34N4O7. The van der Waals surface area contributed by atoms with Crippen LogP contribution in [0.3, 0.4) is 0 Å². The number of hydrogen-bond donors (Lipinski definition) is 4. The fourth-order valence-corrected chi connectivity index (χ4v) is 2.58. The Balaban J connectivity index is 2.75. The maximum Gasteiger partial charge on any atom is 0.408 e. The van der Waals surface area contributed by atoms with E-state index in [9.17, 15) is 24.3 Å². The van der Waals surface area contributed by atoms with Crippen molar-refractivity contribution in [2.24, 2.45) is 0 Å². The van der Waals surface area contributed by atoms with E-state index in [0.29, 0.717) is 19.4 Å². The van der Waals surface area contributed by atoms with Crippen molar-refractivity contribution in [1.29, 1.82) is 0 Å². The zero-order chi connectivity index (χ0) is 25.2. The van der Waals surface area contributed by atoms with Crippen molar-refractivity contribution in [3.63, 3.8) is 0 Å². The first-order valence-corrected chi connectivity index (χ1v) is 10.6. The molecule has 0 aliphatic heterocycles. The largest absolute Gasteiger partial charge is 0.478 e. The number of anilines is 1. The molecule has 1 rings (SSSR count). The number of nitrogens with one attached hydrogen (secondary N) is 3. The molecule has 1 atom stereocenters. The van der Waals surface area contributed by atoms with Gasteiger partial charge in [-0.05, 0) is 72.9 Å². The van der Waals surface area contributed by atoms with Crippen molar-refractivity contribution in [3.8, 4) is 0 Å². The van der Waals surface area contributed by atoms with Crippen molar-refractivity contribution in [3.05, 3.63) is 23.9 Å². The number of nitrogens with zero attached hydrogens (tertiary/aromatic N) is 1. The number of unbranched alkanes of at least 4 members (excludes halogenated alkanes) is 1. The normalized spacial score (nSPS) is 12.3. The molecule has 0 aliphatic carbocycles. The number of hydrogen-bond acceptors (Lipinski definition) is 7. The number of carboxylic acids is 1. The summed E-state index contributed by atoms with van der Waals surface area (Å²) in [7, 11) is 0. The van der Waals surface area contributed by atoms with Crippen LogP contribution in [0, 0.1) is 0 Å². The van der Waals surface area contributed by atoms with E-state index < -0.39 is 41.3 Å². The zero-order valence-electron chi connectivity index (χ0n) is 20.0. The van der Waals surface area contributed by atoms with Crippen molar-refractivity contribution in [2.75, 3.05) is 11.9 Å². The van der Waals surface area contributed by atoms with Crippen LogP contribution in [0.5, 0.6) is 0 Å². The molecule has 1 heterocycles. The van der Waals surface area contributed by atoms with Crippen molar-refractivity contribution >= 4 is 29.9 Å². The molecule has 0 aromatic carbocycles. The van der Waals surface area contributed by atoms with Crippen LogP contribution in [-0.2, 0) is 14.3 Å². The zero-order valence-corrected chi connectivity index (χ0v) is 20.0. The molecule has 11 heteroatoms. The molecule has 0 radical (unpaired) electrons. The van der Waals surface area contributed by atoms with Gasteiger partial charge in [0.15, 0.2) is 0 Å². The molecule has 0 saturated heterocycles. The summed E-state index contributed by atoms with van der Waals surface area (Å²) in [6.45, 7) is 10.7. The minimum absolute atomic E-state index is 0.127. The fourth-order valence-electron chi connectivity index (χ4n) is 2.58. The first-order chi connectivity index (χ1) is 15.2. The summed E-state index contributed by atoms with van der Waals surface area (Å²) in [5.74, 6) is -2.01. The number of rotatable bonds is 9. The summed E-state index contributed by atoms with van der Waals surface area (Å²) in [5.41, 5.74) is -1.55. The molecule has 0 spiro atoms. The van der Waals surface area contributed by atoms with E-state index in [4.69, 9.17) is 9.47 Å². The first-order valence-electron chi connectivity index (χ1n) is 10.6. The van der Waals surface area contributed by atoms with Gasteiger partial charge >= 0.3 is 18.2 Å². The van der Waals surface area contributed by atoms with Crippen LogP contribution in [0.4, 0.5) is 15.4 Å². The van der Waals surface area contributed by atoms with Gasteiger partial charge in [-0.3, -0.25) is 4.79 Å². The number of aromatic nitrogens is 1.